The Bertz CT molecular complexity index is 287. The summed E-state index contributed by atoms with van der Waals surface area (Å²) in [5.41, 5.74) is -1.39. The molecule has 1 unspecified atom stereocenters. The number of amides is 1. The Morgan fingerprint density at radius 2 is 2.07 bits per heavy atom. The highest BCUT2D eigenvalue weighted by atomic mass is 16.5. The zero-order valence-electron chi connectivity index (χ0n) is 8.25. The maximum atomic E-state index is 11.4. The first-order chi connectivity index (χ1) is 6.58. The van der Waals surface area contributed by atoms with E-state index in [4.69, 9.17) is 4.74 Å². The Kier molecular flexibility index (Phi) is 2.88. The summed E-state index contributed by atoms with van der Waals surface area (Å²) in [7, 11) is 0. The van der Waals surface area contributed by atoms with Gasteiger partial charge in [0.15, 0.2) is 0 Å². The van der Waals surface area contributed by atoms with E-state index in [-0.39, 0.29) is 6.61 Å². The molecule has 0 radical (unpaired) electrons. The van der Waals surface area contributed by atoms with Crippen LogP contribution in [0.4, 0.5) is 0 Å². The van der Waals surface area contributed by atoms with Gasteiger partial charge in [0, 0.05) is 0 Å². The fraction of sp³-hybridized carbons (Fsp3) is 0.667. The molecule has 1 heterocycles. The third-order valence-corrected chi connectivity index (χ3v) is 2.17. The van der Waals surface area contributed by atoms with Crippen LogP contribution in [0.15, 0.2) is 0 Å². The summed E-state index contributed by atoms with van der Waals surface area (Å²) in [5.74, 6) is -2.03. The van der Waals surface area contributed by atoms with Crippen molar-refractivity contribution in [1.29, 1.82) is 0 Å². The van der Waals surface area contributed by atoms with Gasteiger partial charge in [-0.3, -0.25) is 9.59 Å². The van der Waals surface area contributed by atoms with Crippen molar-refractivity contribution in [3.63, 3.8) is 0 Å². The first-order valence-electron chi connectivity index (χ1n) is 4.62. The Balaban J connectivity index is 2.79. The molecule has 78 valence electrons. The molecule has 1 atom stereocenters. The standard InChI is InChI=1S/C9H13NO4/c1-3-5-9(8(13)14-4-2)6(11)7(12)10-9/h3-5H2,1-2H3,(H,10,12). The molecule has 0 bridgehead atoms. The number of esters is 1. The zero-order chi connectivity index (χ0) is 10.8. The minimum atomic E-state index is -1.39. The molecule has 14 heavy (non-hydrogen) atoms. The van der Waals surface area contributed by atoms with Crippen LogP contribution < -0.4 is 5.32 Å². The maximum Gasteiger partial charge on any atom is 0.340 e. The number of β-lactam (4-membered cyclic amide) rings is 1. The van der Waals surface area contributed by atoms with Gasteiger partial charge >= 0.3 is 5.97 Å². The smallest absolute Gasteiger partial charge is 0.340 e. The number of Topliss-reactive ketones (excluding diaryl/α,β-unsaturated/α-hetero) is 1. The van der Waals surface area contributed by atoms with Crippen LogP contribution in [0.5, 0.6) is 0 Å². The van der Waals surface area contributed by atoms with Crippen LogP contribution in [0.1, 0.15) is 26.7 Å². The molecule has 0 aromatic heterocycles. The predicted molar refractivity (Wildman–Crippen MR) is 47.4 cm³/mol. The largest absolute Gasteiger partial charge is 0.464 e. The molecular weight excluding hydrogens is 186 g/mol. The predicted octanol–water partition coefficient (Wildman–Crippen LogP) is -0.213. The van der Waals surface area contributed by atoms with Gasteiger partial charge in [0.25, 0.3) is 11.7 Å². The van der Waals surface area contributed by atoms with Gasteiger partial charge < -0.3 is 10.1 Å². The molecule has 5 heteroatoms. The van der Waals surface area contributed by atoms with E-state index >= 15 is 0 Å². The fourth-order valence-corrected chi connectivity index (χ4v) is 1.49. The molecule has 1 fully saturated rings. The van der Waals surface area contributed by atoms with Crippen molar-refractivity contribution in [2.24, 2.45) is 0 Å². The van der Waals surface area contributed by atoms with Crippen LogP contribution in [0.25, 0.3) is 0 Å². The van der Waals surface area contributed by atoms with Crippen LogP contribution in [-0.2, 0) is 19.1 Å². The van der Waals surface area contributed by atoms with Crippen molar-refractivity contribution in [3.8, 4) is 0 Å². The molecule has 1 rings (SSSR count). The van der Waals surface area contributed by atoms with Crippen LogP contribution >= 0.6 is 0 Å². The average molecular weight is 199 g/mol. The second kappa shape index (κ2) is 3.77. The van der Waals surface area contributed by atoms with Crippen molar-refractivity contribution in [1.82, 2.24) is 5.32 Å². The van der Waals surface area contributed by atoms with Crippen molar-refractivity contribution in [2.75, 3.05) is 6.61 Å². The second-order valence-corrected chi connectivity index (χ2v) is 3.16. The third-order valence-electron chi connectivity index (χ3n) is 2.17. The highest BCUT2D eigenvalue weighted by Gasteiger charge is 2.59. The van der Waals surface area contributed by atoms with E-state index in [1.807, 2.05) is 6.92 Å². The maximum absolute atomic E-state index is 11.4. The molecule has 1 aliphatic rings. The van der Waals surface area contributed by atoms with Crippen molar-refractivity contribution >= 4 is 17.7 Å². The molecule has 0 aromatic rings. The molecule has 1 aliphatic heterocycles. The number of nitrogens with one attached hydrogen (secondary N) is 1. The van der Waals surface area contributed by atoms with E-state index < -0.39 is 23.2 Å². The van der Waals surface area contributed by atoms with E-state index in [9.17, 15) is 14.4 Å². The molecule has 1 saturated heterocycles. The van der Waals surface area contributed by atoms with E-state index in [0.29, 0.717) is 12.8 Å². The van der Waals surface area contributed by atoms with Crippen molar-refractivity contribution < 1.29 is 19.1 Å². The lowest BCUT2D eigenvalue weighted by molar-refractivity contribution is -0.168. The van der Waals surface area contributed by atoms with Crippen molar-refractivity contribution in [2.45, 2.75) is 32.2 Å². The first kappa shape index (κ1) is 10.7. The van der Waals surface area contributed by atoms with E-state index in [1.54, 1.807) is 6.92 Å². The highest BCUT2D eigenvalue weighted by Crippen LogP contribution is 2.23. The Morgan fingerprint density at radius 1 is 1.43 bits per heavy atom. The topological polar surface area (TPSA) is 72.5 Å². The van der Waals surface area contributed by atoms with Crippen LogP contribution in [0.3, 0.4) is 0 Å². The minimum Gasteiger partial charge on any atom is -0.464 e. The fourth-order valence-electron chi connectivity index (χ4n) is 1.49. The molecule has 1 amide bonds. The number of hydrogen-bond acceptors (Lipinski definition) is 4. The van der Waals surface area contributed by atoms with Crippen molar-refractivity contribution in [3.05, 3.63) is 0 Å². The Labute approximate surface area is 81.8 Å². The van der Waals surface area contributed by atoms with Gasteiger partial charge in [0.1, 0.15) is 0 Å². The van der Waals surface area contributed by atoms with Gasteiger partial charge in [-0.2, -0.15) is 0 Å². The Morgan fingerprint density at radius 3 is 2.43 bits per heavy atom. The van der Waals surface area contributed by atoms with E-state index in [0.717, 1.165) is 0 Å². The summed E-state index contributed by atoms with van der Waals surface area (Å²) >= 11 is 0. The summed E-state index contributed by atoms with van der Waals surface area (Å²) in [6, 6.07) is 0. The van der Waals surface area contributed by atoms with E-state index in [2.05, 4.69) is 5.32 Å². The normalized spacial score (nSPS) is 25.3. The number of carbonyl (C=O) groups is 3. The number of carbonyl (C=O) groups excluding carboxylic acids is 3. The number of ether oxygens (including phenoxy) is 1. The first-order valence-corrected chi connectivity index (χ1v) is 4.62. The van der Waals surface area contributed by atoms with Gasteiger partial charge in [-0.25, -0.2) is 4.79 Å². The summed E-state index contributed by atoms with van der Waals surface area (Å²) in [6.07, 6.45) is 0.932. The molecule has 0 saturated carbocycles. The third kappa shape index (κ3) is 1.38. The SMILES string of the molecule is CCCC1(C(=O)OCC)NC(=O)C1=O. The van der Waals surface area contributed by atoms with Gasteiger partial charge in [-0.15, -0.1) is 0 Å². The zero-order valence-corrected chi connectivity index (χ0v) is 8.25. The van der Waals surface area contributed by atoms with Gasteiger partial charge in [-0.1, -0.05) is 13.3 Å². The lowest BCUT2D eigenvalue weighted by Crippen LogP contribution is -2.74. The van der Waals surface area contributed by atoms with Gasteiger partial charge in [-0.05, 0) is 13.3 Å². The molecule has 0 aliphatic carbocycles. The summed E-state index contributed by atoms with van der Waals surface area (Å²) < 4.78 is 4.75. The molecular formula is C9H13NO4. The number of rotatable bonds is 4. The second-order valence-electron chi connectivity index (χ2n) is 3.16. The van der Waals surface area contributed by atoms with Gasteiger partial charge in [0.05, 0.1) is 6.61 Å². The monoisotopic (exact) mass is 199 g/mol. The Hall–Kier alpha value is -1.39. The summed E-state index contributed by atoms with van der Waals surface area (Å²) in [6.45, 7) is 3.69. The highest BCUT2D eigenvalue weighted by molar-refractivity contribution is 6.51. The minimum absolute atomic E-state index is 0.202. The van der Waals surface area contributed by atoms with E-state index in [1.165, 1.54) is 0 Å². The van der Waals surface area contributed by atoms with Crippen LogP contribution in [0.2, 0.25) is 0 Å². The summed E-state index contributed by atoms with van der Waals surface area (Å²) in [4.78, 5) is 33.5. The lowest BCUT2D eigenvalue weighted by Gasteiger charge is -2.37. The van der Waals surface area contributed by atoms with Crippen LogP contribution in [-0.4, -0.2) is 29.8 Å². The van der Waals surface area contributed by atoms with Crippen LogP contribution in [0, 0.1) is 0 Å². The number of hydrogen-bond donors (Lipinski definition) is 1. The average Bonchev–Trinajstić information content (AvgIpc) is 2.17. The lowest BCUT2D eigenvalue weighted by atomic mass is 9.81. The summed E-state index contributed by atoms with van der Waals surface area (Å²) in [5, 5.41) is 2.33. The molecule has 5 nitrogen and oxygen atoms in total. The molecule has 1 N–H and O–H groups in total. The quantitative estimate of drug-likeness (QED) is 0.294. The van der Waals surface area contributed by atoms with Gasteiger partial charge in [0.2, 0.25) is 5.54 Å². The number of ketones is 1. The molecule has 0 spiro atoms. The molecule has 0 aromatic carbocycles.